The molecule has 0 unspecified atom stereocenters. The van der Waals surface area contributed by atoms with Gasteiger partial charge in [0.2, 0.25) is 0 Å². The molecule has 30 heavy (non-hydrogen) atoms. The largest absolute Gasteiger partial charge is 0.497 e. The second-order valence-corrected chi connectivity index (χ2v) is 6.77. The zero-order valence-corrected chi connectivity index (χ0v) is 17.1. The van der Waals surface area contributed by atoms with Crippen molar-refractivity contribution in [1.82, 2.24) is 5.32 Å². The van der Waals surface area contributed by atoms with Crippen LogP contribution >= 0.6 is 23.2 Å². The zero-order valence-electron chi connectivity index (χ0n) is 15.6. The number of methoxy groups -OCH3 is 1. The van der Waals surface area contributed by atoms with E-state index in [2.05, 4.69) is 11.2 Å². The van der Waals surface area contributed by atoms with Gasteiger partial charge in [0.05, 0.1) is 22.8 Å². The van der Waals surface area contributed by atoms with Gasteiger partial charge in [0, 0.05) is 11.6 Å². The average Bonchev–Trinajstić information content (AvgIpc) is 2.72. The van der Waals surface area contributed by atoms with Crippen LogP contribution in [0.3, 0.4) is 0 Å². The van der Waals surface area contributed by atoms with Crippen LogP contribution in [-0.4, -0.2) is 31.6 Å². The predicted octanol–water partition coefficient (Wildman–Crippen LogP) is 3.68. The van der Waals surface area contributed by atoms with Gasteiger partial charge in [-0.1, -0.05) is 29.1 Å². The van der Waals surface area contributed by atoms with Crippen LogP contribution in [0.15, 0.2) is 42.0 Å². The maximum Gasteiger partial charge on any atom is 0.335 e. The number of barbiturate groups is 1. The predicted molar refractivity (Wildman–Crippen MR) is 113 cm³/mol. The fraction of sp³-hybridized carbons (Fsp3) is 0.0952. The maximum atomic E-state index is 13.0. The van der Waals surface area contributed by atoms with Crippen molar-refractivity contribution < 1.29 is 23.9 Å². The number of anilines is 1. The van der Waals surface area contributed by atoms with Gasteiger partial charge in [-0.25, -0.2) is 9.69 Å². The molecule has 3 rings (SSSR count). The first-order chi connectivity index (χ1) is 14.3. The van der Waals surface area contributed by atoms with Crippen LogP contribution in [-0.2, 0) is 9.59 Å². The van der Waals surface area contributed by atoms with Crippen molar-refractivity contribution in [1.29, 1.82) is 0 Å². The number of benzene rings is 2. The lowest BCUT2D eigenvalue weighted by molar-refractivity contribution is -0.122. The minimum absolute atomic E-state index is 0.0304. The molecule has 1 fully saturated rings. The maximum absolute atomic E-state index is 13.0. The minimum Gasteiger partial charge on any atom is -0.497 e. The highest BCUT2D eigenvalue weighted by Gasteiger charge is 2.37. The molecule has 0 saturated carbocycles. The van der Waals surface area contributed by atoms with E-state index in [0.717, 1.165) is 4.90 Å². The zero-order chi connectivity index (χ0) is 21.8. The number of imide groups is 2. The lowest BCUT2D eigenvalue weighted by atomic mass is 10.1. The number of carbonyl (C=O) groups is 3. The number of nitrogens with zero attached hydrogens (tertiary/aromatic N) is 1. The number of carbonyl (C=O) groups excluding carboxylic acids is 3. The van der Waals surface area contributed by atoms with Gasteiger partial charge < -0.3 is 9.47 Å². The number of ether oxygens (including phenoxy) is 2. The smallest absolute Gasteiger partial charge is 0.335 e. The molecule has 152 valence electrons. The molecule has 2 aromatic rings. The summed E-state index contributed by atoms with van der Waals surface area (Å²) >= 11 is 11.9. The third kappa shape index (κ3) is 4.25. The quantitative estimate of drug-likeness (QED) is 0.431. The Kier molecular flexibility index (Phi) is 6.31. The van der Waals surface area contributed by atoms with E-state index in [1.165, 1.54) is 31.4 Å². The monoisotopic (exact) mass is 444 g/mol. The Balaban J connectivity index is 2.04. The van der Waals surface area contributed by atoms with Gasteiger partial charge in [0.25, 0.3) is 11.8 Å². The SMILES string of the molecule is C#CCOc1cc(OC)ccc1/C=C1\C(=O)NC(=O)N(c2ccc(Cl)c(Cl)c2)C1=O. The Labute approximate surface area is 182 Å². The highest BCUT2D eigenvalue weighted by molar-refractivity contribution is 6.43. The number of rotatable bonds is 5. The highest BCUT2D eigenvalue weighted by Crippen LogP contribution is 2.31. The normalized spacial score (nSPS) is 15.1. The number of hydrogen-bond donors (Lipinski definition) is 1. The number of hydrogen-bond acceptors (Lipinski definition) is 5. The summed E-state index contributed by atoms with van der Waals surface area (Å²) in [4.78, 5) is 38.5. The van der Waals surface area contributed by atoms with Crippen LogP contribution in [0.25, 0.3) is 6.08 Å². The van der Waals surface area contributed by atoms with Gasteiger partial charge in [0.1, 0.15) is 23.7 Å². The summed E-state index contributed by atoms with van der Waals surface area (Å²) < 4.78 is 10.6. The molecule has 0 radical (unpaired) electrons. The van der Waals surface area contributed by atoms with Gasteiger partial charge in [-0.05, 0) is 36.4 Å². The molecule has 1 N–H and O–H groups in total. The van der Waals surface area contributed by atoms with Crippen LogP contribution in [0.5, 0.6) is 11.5 Å². The van der Waals surface area contributed by atoms with Gasteiger partial charge in [0.15, 0.2) is 0 Å². The molecule has 1 aliphatic heterocycles. The molecule has 1 aliphatic rings. The van der Waals surface area contributed by atoms with Crippen LogP contribution in [0, 0.1) is 12.3 Å². The van der Waals surface area contributed by atoms with Gasteiger partial charge in [-0.2, -0.15) is 0 Å². The van der Waals surface area contributed by atoms with Gasteiger partial charge in [-0.15, -0.1) is 6.42 Å². The van der Waals surface area contributed by atoms with Crippen molar-refractivity contribution in [3.05, 3.63) is 57.6 Å². The van der Waals surface area contributed by atoms with Gasteiger partial charge >= 0.3 is 6.03 Å². The third-order valence-electron chi connectivity index (χ3n) is 4.09. The van der Waals surface area contributed by atoms with Crippen molar-refractivity contribution in [3.8, 4) is 23.8 Å². The number of amides is 4. The van der Waals surface area contributed by atoms with E-state index in [9.17, 15) is 14.4 Å². The van der Waals surface area contributed by atoms with Crippen molar-refractivity contribution in [3.63, 3.8) is 0 Å². The molecule has 0 aliphatic carbocycles. The first-order valence-corrected chi connectivity index (χ1v) is 9.22. The first kappa shape index (κ1) is 21.2. The summed E-state index contributed by atoms with van der Waals surface area (Å²) in [5, 5.41) is 2.54. The number of halogens is 2. The molecular formula is C21H14Cl2N2O5. The van der Waals surface area contributed by atoms with E-state index in [1.54, 1.807) is 18.2 Å². The van der Waals surface area contributed by atoms with Crippen molar-refractivity contribution in [2.75, 3.05) is 18.6 Å². The van der Waals surface area contributed by atoms with Gasteiger partial charge in [-0.3, -0.25) is 14.9 Å². The summed E-state index contributed by atoms with van der Waals surface area (Å²) in [6, 6.07) is 8.11. The Morgan fingerprint density at radius 2 is 1.90 bits per heavy atom. The second-order valence-electron chi connectivity index (χ2n) is 5.95. The summed E-state index contributed by atoms with van der Waals surface area (Å²) in [6.45, 7) is -0.0304. The van der Waals surface area contributed by atoms with Crippen LogP contribution in [0.2, 0.25) is 10.0 Å². The van der Waals surface area contributed by atoms with E-state index >= 15 is 0 Å². The van der Waals surface area contributed by atoms with Crippen LogP contribution in [0.4, 0.5) is 10.5 Å². The molecule has 4 amide bonds. The average molecular weight is 445 g/mol. The Morgan fingerprint density at radius 3 is 2.57 bits per heavy atom. The Bertz CT molecular complexity index is 1120. The summed E-state index contributed by atoms with van der Waals surface area (Å²) in [5.41, 5.74) is 0.272. The fourth-order valence-corrected chi connectivity index (χ4v) is 2.97. The Hall–Kier alpha value is -3.47. The Morgan fingerprint density at radius 1 is 1.13 bits per heavy atom. The van der Waals surface area contributed by atoms with Crippen molar-refractivity contribution >= 4 is 52.8 Å². The van der Waals surface area contributed by atoms with Crippen molar-refractivity contribution in [2.24, 2.45) is 0 Å². The lowest BCUT2D eigenvalue weighted by Gasteiger charge is -2.26. The van der Waals surface area contributed by atoms with E-state index in [1.807, 2.05) is 0 Å². The van der Waals surface area contributed by atoms with E-state index in [0.29, 0.717) is 17.1 Å². The number of urea groups is 1. The number of nitrogens with one attached hydrogen (secondary N) is 1. The summed E-state index contributed by atoms with van der Waals surface area (Å²) in [6.07, 6.45) is 6.55. The van der Waals surface area contributed by atoms with Crippen LogP contribution in [0.1, 0.15) is 5.56 Å². The second kappa shape index (κ2) is 8.91. The summed E-state index contributed by atoms with van der Waals surface area (Å²) in [5.74, 6) is 1.46. The van der Waals surface area contributed by atoms with Crippen molar-refractivity contribution in [2.45, 2.75) is 0 Å². The molecule has 0 bridgehead atoms. The summed E-state index contributed by atoms with van der Waals surface area (Å²) in [7, 11) is 1.48. The van der Waals surface area contributed by atoms with E-state index in [-0.39, 0.29) is 27.9 Å². The molecule has 9 heteroatoms. The molecule has 0 spiro atoms. The topological polar surface area (TPSA) is 84.9 Å². The lowest BCUT2D eigenvalue weighted by Crippen LogP contribution is -2.54. The van der Waals surface area contributed by atoms with Crippen LogP contribution < -0.4 is 19.7 Å². The molecule has 0 atom stereocenters. The molecular weight excluding hydrogens is 431 g/mol. The molecule has 1 saturated heterocycles. The molecule has 1 heterocycles. The third-order valence-corrected chi connectivity index (χ3v) is 4.83. The number of terminal acetylenes is 1. The first-order valence-electron chi connectivity index (χ1n) is 8.46. The molecule has 0 aromatic heterocycles. The minimum atomic E-state index is -0.904. The highest BCUT2D eigenvalue weighted by atomic mass is 35.5. The van der Waals surface area contributed by atoms with E-state index in [4.69, 9.17) is 39.1 Å². The fourth-order valence-electron chi connectivity index (χ4n) is 2.68. The standard InChI is InChI=1S/C21H14Cl2N2O5/c1-3-8-30-18-11-14(29-2)6-4-12(18)9-15-19(26)24-21(28)25(20(15)27)13-5-7-16(22)17(23)10-13/h1,4-7,9-11H,8H2,2H3,(H,24,26,28)/b15-9+. The molecule has 2 aromatic carbocycles. The van der Waals surface area contributed by atoms with E-state index < -0.39 is 17.8 Å². The molecule has 7 nitrogen and oxygen atoms in total.